The van der Waals surface area contributed by atoms with Crippen LogP contribution in [0.15, 0.2) is 108 Å². The lowest BCUT2D eigenvalue weighted by Gasteiger charge is -2.20. The topological polar surface area (TPSA) is 46.8 Å². The van der Waals surface area contributed by atoms with E-state index in [4.69, 9.17) is 4.42 Å². The molecular formula is C53H53N3O. The Morgan fingerprint density at radius 3 is 1.21 bits per heavy atom. The maximum atomic E-state index is 11.6. The molecule has 0 spiro atoms. The molecule has 0 radical (unpaired) electrons. The van der Waals surface area contributed by atoms with Gasteiger partial charge in [0.2, 0.25) is 0 Å². The van der Waals surface area contributed by atoms with Gasteiger partial charge in [0.15, 0.2) is 5.58 Å². The largest absolute Gasteiger partial charge is 0.454 e. The Balaban J connectivity index is 1.49. The standard InChI is InChI=1S/C53H53N3O/c1-50(2,3)31-17-21-42-36(25-31)37-26-32(51(4,5)6)18-22-43(37)55(42)46-29-40-35-15-13-14-16-47(35)57-49(40)48(41(46)30-54)56-44-23-19-33(52(7,8)9)27-38(44)39-28-34(53(10,11)12)20-24-45(39)56/h13-29H,1-12H3. The molecule has 0 aliphatic carbocycles. The predicted octanol–water partition coefficient (Wildman–Crippen LogP) is 14.8. The van der Waals surface area contributed by atoms with E-state index in [1.807, 2.05) is 12.1 Å². The van der Waals surface area contributed by atoms with Crippen molar-refractivity contribution in [3.63, 3.8) is 0 Å². The zero-order valence-corrected chi connectivity index (χ0v) is 35.6. The van der Waals surface area contributed by atoms with Gasteiger partial charge in [-0.3, -0.25) is 0 Å². The monoisotopic (exact) mass is 747 g/mol. The fourth-order valence-corrected chi connectivity index (χ4v) is 8.74. The van der Waals surface area contributed by atoms with Crippen molar-refractivity contribution in [3.8, 4) is 17.4 Å². The van der Waals surface area contributed by atoms with E-state index in [1.54, 1.807) is 0 Å². The first-order valence-electron chi connectivity index (χ1n) is 20.3. The third-order valence-electron chi connectivity index (χ3n) is 12.2. The highest BCUT2D eigenvalue weighted by Gasteiger charge is 2.29. The molecule has 0 aliphatic heterocycles. The van der Waals surface area contributed by atoms with Crippen molar-refractivity contribution in [2.24, 2.45) is 0 Å². The Hall–Kier alpha value is -5.79. The van der Waals surface area contributed by atoms with Gasteiger partial charge in [0.25, 0.3) is 0 Å². The molecule has 0 fully saturated rings. The molecule has 0 atom stereocenters. The summed E-state index contributed by atoms with van der Waals surface area (Å²) in [6, 6.07) is 40.7. The zero-order valence-electron chi connectivity index (χ0n) is 35.6. The molecule has 0 amide bonds. The number of benzene rings is 6. The normalized spacial score (nSPS) is 13.2. The summed E-state index contributed by atoms with van der Waals surface area (Å²) in [6.45, 7) is 27.2. The van der Waals surface area contributed by atoms with Gasteiger partial charge in [-0.15, -0.1) is 0 Å². The number of furan rings is 1. The fraction of sp³-hybridized carbons (Fsp3) is 0.302. The van der Waals surface area contributed by atoms with Crippen molar-refractivity contribution < 1.29 is 4.42 Å². The Morgan fingerprint density at radius 1 is 0.439 bits per heavy atom. The van der Waals surface area contributed by atoms with Gasteiger partial charge >= 0.3 is 0 Å². The fourth-order valence-electron chi connectivity index (χ4n) is 8.74. The summed E-state index contributed by atoms with van der Waals surface area (Å²) in [6.07, 6.45) is 0. The number of rotatable bonds is 2. The molecule has 4 heteroatoms. The highest BCUT2D eigenvalue weighted by molar-refractivity contribution is 6.16. The number of hydrogen-bond donors (Lipinski definition) is 0. The zero-order chi connectivity index (χ0) is 40.6. The summed E-state index contributed by atoms with van der Waals surface area (Å²) >= 11 is 0. The molecule has 57 heavy (non-hydrogen) atoms. The Kier molecular flexibility index (Phi) is 7.82. The second-order valence-corrected chi connectivity index (χ2v) is 20.3. The van der Waals surface area contributed by atoms with Gasteiger partial charge in [-0.05, 0) is 105 Å². The van der Waals surface area contributed by atoms with Crippen LogP contribution >= 0.6 is 0 Å². The smallest absolute Gasteiger partial charge is 0.160 e. The van der Waals surface area contributed by atoms with Crippen LogP contribution in [0.5, 0.6) is 0 Å². The van der Waals surface area contributed by atoms with E-state index in [0.29, 0.717) is 11.1 Å². The van der Waals surface area contributed by atoms with E-state index in [1.165, 1.54) is 43.8 Å². The van der Waals surface area contributed by atoms with Crippen molar-refractivity contribution >= 4 is 65.6 Å². The van der Waals surface area contributed by atoms with Gasteiger partial charge in [0.1, 0.15) is 22.9 Å². The maximum absolute atomic E-state index is 11.6. The minimum Gasteiger partial charge on any atom is -0.454 e. The predicted molar refractivity (Wildman–Crippen MR) is 242 cm³/mol. The second kappa shape index (κ2) is 12.1. The summed E-state index contributed by atoms with van der Waals surface area (Å²) in [7, 11) is 0. The van der Waals surface area contributed by atoms with Gasteiger partial charge in [-0.1, -0.05) is 126 Å². The third kappa shape index (κ3) is 5.69. The number of fused-ring (bicyclic) bond motifs is 9. The number of nitriles is 1. The van der Waals surface area contributed by atoms with Crippen molar-refractivity contribution in [2.75, 3.05) is 0 Å². The molecule has 3 aromatic heterocycles. The van der Waals surface area contributed by atoms with E-state index in [0.717, 1.165) is 49.8 Å². The van der Waals surface area contributed by atoms with Crippen LogP contribution in [0.25, 0.3) is 76.9 Å². The lowest BCUT2D eigenvalue weighted by atomic mass is 9.85. The number of aromatic nitrogens is 2. The minimum absolute atomic E-state index is 0.0277. The van der Waals surface area contributed by atoms with Crippen molar-refractivity contribution in [1.82, 2.24) is 9.13 Å². The van der Waals surface area contributed by atoms with Crippen LogP contribution in [0.3, 0.4) is 0 Å². The molecule has 9 aromatic rings. The molecule has 286 valence electrons. The summed E-state index contributed by atoms with van der Waals surface area (Å²) < 4.78 is 11.5. The quantitative estimate of drug-likeness (QED) is 0.177. The Morgan fingerprint density at radius 2 is 0.825 bits per heavy atom. The summed E-state index contributed by atoms with van der Waals surface area (Å²) in [5, 5.41) is 18.3. The summed E-state index contributed by atoms with van der Waals surface area (Å²) in [5.41, 5.74) is 12.9. The minimum atomic E-state index is -0.0375. The van der Waals surface area contributed by atoms with Gasteiger partial charge in [-0.25, -0.2) is 0 Å². The molecule has 0 saturated heterocycles. The maximum Gasteiger partial charge on any atom is 0.160 e. The summed E-state index contributed by atoms with van der Waals surface area (Å²) in [4.78, 5) is 0. The average Bonchev–Trinajstić information content (AvgIpc) is 3.79. The molecule has 0 saturated carbocycles. The lowest BCUT2D eigenvalue weighted by molar-refractivity contribution is 0.590. The molecular weight excluding hydrogens is 695 g/mol. The van der Waals surface area contributed by atoms with Gasteiger partial charge in [0, 0.05) is 32.3 Å². The van der Waals surface area contributed by atoms with Crippen LogP contribution in [0.4, 0.5) is 0 Å². The van der Waals surface area contributed by atoms with Crippen LogP contribution in [-0.2, 0) is 21.7 Å². The van der Waals surface area contributed by atoms with E-state index in [9.17, 15) is 5.26 Å². The SMILES string of the molecule is CC(C)(C)c1ccc2c(c1)c1cc(C(C)(C)C)ccc1n2-c1cc2c(oc3ccccc32)c(-n2c3ccc(C(C)(C)C)cc3c3cc(C(C)(C)C)ccc32)c1C#N. The van der Waals surface area contributed by atoms with Crippen LogP contribution in [-0.4, -0.2) is 9.13 Å². The highest BCUT2D eigenvalue weighted by Crippen LogP contribution is 2.46. The molecule has 4 nitrogen and oxygen atoms in total. The molecule has 6 aromatic carbocycles. The molecule has 0 N–H and O–H groups in total. The first kappa shape index (κ1) is 36.8. The molecule has 3 heterocycles. The van der Waals surface area contributed by atoms with Crippen LogP contribution in [0.1, 0.15) is 111 Å². The van der Waals surface area contributed by atoms with Crippen LogP contribution in [0, 0.1) is 11.3 Å². The van der Waals surface area contributed by atoms with Crippen molar-refractivity contribution in [3.05, 3.63) is 131 Å². The van der Waals surface area contributed by atoms with Crippen LogP contribution in [0.2, 0.25) is 0 Å². The Bertz CT molecular complexity index is 3020. The van der Waals surface area contributed by atoms with Crippen molar-refractivity contribution in [2.45, 2.75) is 105 Å². The van der Waals surface area contributed by atoms with Crippen molar-refractivity contribution in [1.29, 1.82) is 5.26 Å². The number of nitrogens with zero attached hydrogens (tertiary/aromatic N) is 3. The first-order valence-corrected chi connectivity index (χ1v) is 20.3. The third-order valence-corrected chi connectivity index (χ3v) is 12.2. The average molecular weight is 748 g/mol. The van der Waals surface area contributed by atoms with E-state index in [-0.39, 0.29) is 21.7 Å². The molecule has 0 bridgehead atoms. The summed E-state index contributed by atoms with van der Waals surface area (Å²) in [5.74, 6) is 0. The molecule has 0 aliphatic rings. The van der Waals surface area contributed by atoms with Crippen LogP contribution < -0.4 is 0 Å². The lowest BCUT2D eigenvalue weighted by Crippen LogP contribution is -2.10. The van der Waals surface area contributed by atoms with Gasteiger partial charge in [-0.2, -0.15) is 5.26 Å². The van der Waals surface area contributed by atoms with E-state index in [2.05, 4.69) is 189 Å². The van der Waals surface area contributed by atoms with E-state index < -0.39 is 0 Å². The molecule has 9 rings (SSSR count). The van der Waals surface area contributed by atoms with E-state index >= 15 is 0 Å². The molecule has 0 unspecified atom stereocenters. The van der Waals surface area contributed by atoms with Gasteiger partial charge in [0.05, 0.1) is 27.8 Å². The number of hydrogen-bond acceptors (Lipinski definition) is 2. The van der Waals surface area contributed by atoms with Gasteiger partial charge < -0.3 is 13.6 Å². The Labute approximate surface area is 336 Å². The number of para-hydroxylation sites is 1. The highest BCUT2D eigenvalue weighted by atomic mass is 16.3. The first-order chi connectivity index (χ1) is 26.8. The second-order valence-electron chi connectivity index (χ2n) is 20.3.